The fourth-order valence-corrected chi connectivity index (χ4v) is 3.81. The van der Waals surface area contributed by atoms with E-state index in [0.717, 1.165) is 16.3 Å². The van der Waals surface area contributed by atoms with E-state index < -0.39 is 11.4 Å². The molecule has 0 aliphatic carbocycles. The topological polar surface area (TPSA) is 85.0 Å². The van der Waals surface area contributed by atoms with Crippen LogP contribution in [0.2, 0.25) is 5.02 Å². The first-order valence-electron chi connectivity index (χ1n) is 10.4. The minimum atomic E-state index is -0.574. The highest BCUT2D eigenvalue weighted by molar-refractivity contribution is 6.30. The predicted octanol–water partition coefficient (Wildman–Crippen LogP) is 4.79. The average molecular weight is 464 g/mol. The number of hydrogen-bond acceptors (Lipinski definition) is 5. The molecule has 6 nitrogen and oxygen atoms in total. The van der Waals surface area contributed by atoms with Crippen LogP contribution in [0.1, 0.15) is 30.7 Å². The Balaban J connectivity index is 1.70. The van der Waals surface area contributed by atoms with Crippen LogP contribution in [0, 0.1) is 5.82 Å². The van der Waals surface area contributed by atoms with E-state index in [9.17, 15) is 9.18 Å². The molecule has 0 unspecified atom stereocenters. The Kier molecular flexibility index (Phi) is 6.35. The molecule has 2 aromatic heterocycles. The molecule has 0 spiro atoms. The molecule has 2 N–H and O–H groups in total. The zero-order chi connectivity index (χ0) is 23.6. The number of carbonyl (C=O) groups excluding carboxylic acids is 1. The standard InChI is InChI=1S/C25H23ClFN5O/c1-25(2,28)18-7-8-23(29-14-18)32(15-16-9-19(26)11-20(27)10-16)24(33)12-22-21-6-4-3-5-17(21)13-30-31-22/h3-11,13-14H,12,15,28H2,1-2H3. The van der Waals surface area contributed by atoms with Gasteiger partial charge >= 0.3 is 0 Å². The van der Waals surface area contributed by atoms with Gasteiger partial charge in [0.2, 0.25) is 5.91 Å². The van der Waals surface area contributed by atoms with Crippen LogP contribution in [0.15, 0.2) is 67.0 Å². The minimum Gasteiger partial charge on any atom is -0.322 e. The number of anilines is 1. The summed E-state index contributed by atoms with van der Waals surface area (Å²) in [6.45, 7) is 3.84. The molecule has 0 aliphatic rings. The molecule has 0 fully saturated rings. The van der Waals surface area contributed by atoms with E-state index in [0.29, 0.717) is 17.1 Å². The Hall–Kier alpha value is -3.42. The molecule has 8 heteroatoms. The van der Waals surface area contributed by atoms with Gasteiger partial charge in [0.25, 0.3) is 0 Å². The largest absolute Gasteiger partial charge is 0.322 e. The van der Waals surface area contributed by atoms with Crippen molar-refractivity contribution in [2.24, 2.45) is 5.73 Å². The number of halogens is 2. The van der Waals surface area contributed by atoms with Crippen molar-refractivity contribution in [3.63, 3.8) is 0 Å². The van der Waals surface area contributed by atoms with Crippen molar-refractivity contribution in [1.29, 1.82) is 0 Å². The third kappa shape index (κ3) is 5.32. The second-order valence-electron chi connectivity index (χ2n) is 8.44. The molecule has 1 amide bonds. The summed E-state index contributed by atoms with van der Waals surface area (Å²) in [5.74, 6) is -0.312. The van der Waals surface area contributed by atoms with E-state index in [4.69, 9.17) is 17.3 Å². The average Bonchev–Trinajstić information content (AvgIpc) is 2.76. The van der Waals surface area contributed by atoms with Gasteiger partial charge in [0.15, 0.2) is 0 Å². The van der Waals surface area contributed by atoms with Crippen LogP contribution < -0.4 is 10.6 Å². The highest BCUT2D eigenvalue weighted by Gasteiger charge is 2.22. The van der Waals surface area contributed by atoms with Crippen LogP contribution in [0.5, 0.6) is 0 Å². The van der Waals surface area contributed by atoms with Gasteiger partial charge < -0.3 is 5.73 Å². The lowest BCUT2D eigenvalue weighted by Gasteiger charge is -2.24. The van der Waals surface area contributed by atoms with E-state index in [1.165, 1.54) is 17.0 Å². The molecule has 33 heavy (non-hydrogen) atoms. The summed E-state index contributed by atoms with van der Waals surface area (Å²) < 4.78 is 14.0. The van der Waals surface area contributed by atoms with Gasteiger partial charge in [0.05, 0.1) is 24.9 Å². The molecule has 0 atom stereocenters. The Morgan fingerprint density at radius 3 is 2.61 bits per heavy atom. The number of fused-ring (bicyclic) bond motifs is 1. The number of nitrogens with two attached hydrogens (primary N) is 1. The van der Waals surface area contributed by atoms with E-state index >= 15 is 0 Å². The summed E-state index contributed by atoms with van der Waals surface area (Å²) in [7, 11) is 0. The Bertz CT molecular complexity index is 1280. The molecule has 0 radical (unpaired) electrons. The third-order valence-corrected chi connectivity index (χ3v) is 5.52. The van der Waals surface area contributed by atoms with Crippen molar-refractivity contribution in [3.8, 4) is 0 Å². The van der Waals surface area contributed by atoms with Gasteiger partial charge in [-0.15, -0.1) is 0 Å². The fourth-order valence-electron chi connectivity index (χ4n) is 3.56. The van der Waals surface area contributed by atoms with Crippen LogP contribution in [0.25, 0.3) is 10.8 Å². The van der Waals surface area contributed by atoms with Gasteiger partial charge in [0, 0.05) is 27.5 Å². The maximum absolute atomic E-state index is 14.0. The molecule has 168 valence electrons. The van der Waals surface area contributed by atoms with Crippen molar-refractivity contribution < 1.29 is 9.18 Å². The van der Waals surface area contributed by atoms with Crippen molar-refractivity contribution in [3.05, 3.63) is 94.7 Å². The fraction of sp³-hybridized carbons (Fsp3) is 0.200. The SMILES string of the molecule is CC(C)(N)c1ccc(N(Cc2cc(F)cc(Cl)c2)C(=O)Cc2nncc3ccccc23)nc1. The molecular formula is C25H23ClFN5O. The van der Waals surface area contributed by atoms with Crippen molar-refractivity contribution in [2.75, 3.05) is 4.90 Å². The number of nitrogens with zero attached hydrogens (tertiary/aromatic N) is 4. The first-order chi connectivity index (χ1) is 15.7. The molecule has 2 aromatic carbocycles. The number of pyridine rings is 1. The number of amides is 1. The highest BCUT2D eigenvalue weighted by atomic mass is 35.5. The quantitative estimate of drug-likeness (QED) is 0.444. The summed E-state index contributed by atoms with van der Waals surface area (Å²) in [4.78, 5) is 19.4. The molecule has 2 heterocycles. The van der Waals surface area contributed by atoms with Crippen LogP contribution >= 0.6 is 11.6 Å². The lowest BCUT2D eigenvalue weighted by molar-refractivity contribution is -0.118. The zero-order valence-corrected chi connectivity index (χ0v) is 19.1. The van der Waals surface area contributed by atoms with Crippen LogP contribution in [-0.2, 0) is 23.3 Å². The molecule has 4 aromatic rings. The van der Waals surface area contributed by atoms with Gasteiger partial charge in [-0.05, 0) is 49.2 Å². The molecule has 0 aliphatic heterocycles. The molecular weight excluding hydrogens is 441 g/mol. The second-order valence-corrected chi connectivity index (χ2v) is 8.88. The lowest BCUT2D eigenvalue weighted by atomic mass is 9.98. The summed E-state index contributed by atoms with van der Waals surface area (Å²) >= 11 is 6.03. The summed E-state index contributed by atoms with van der Waals surface area (Å²) in [5, 5.41) is 10.2. The number of benzene rings is 2. The van der Waals surface area contributed by atoms with Gasteiger partial charge in [-0.2, -0.15) is 10.2 Å². The van der Waals surface area contributed by atoms with Crippen LogP contribution in [-0.4, -0.2) is 21.1 Å². The third-order valence-electron chi connectivity index (χ3n) is 5.30. The van der Waals surface area contributed by atoms with Gasteiger partial charge in [-0.1, -0.05) is 41.9 Å². The zero-order valence-electron chi connectivity index (χ0n) is 18.3. The Morgan fingerprint density at radius 2 is 1.91 bits per heavy atom. The van der Waals surface area contributed by atoms with E-state index in [2.05, 4.69) is 15.2 Å². The van der Waals surface area contributed by atoms with Crippen LogP contribution in [0.4, 0.5) is 10.2 Å². The lowest BCUT2D eigenvalue weighted by Crippen LogP contribution is -2.33. The first-order valence-corrected chi connectivity index (χ1v) is 10.8. The van der Waals surface area contributed by atoms with Crippen LogP contribution in [0.3, 0.4) is 0 Å². The Morgan fingerprint density at radius 1 is 1.12 bits per heavy atom. The minimum absolute atomic E-state index is 0.00319. The van der Waals surface area contributed by atoms with Crippen molar-refractivity contribution in [2.45, 2.75) is 32.4 Å². The van der Waals surface area contributed by atoms with E-state index in [1.807, 2.05) is 44.2 Å². The summed E-state index contributed by atoms with van der Waals surface area (Å²) in [6.07, 6.45) is 3.31. The molecule has 0 saturated carbocycles. The Labute approximate surface area is 196 Å². The smallest absolute Gasteiger partial charge is 0.234 e. The predicted molar refractivity (Wildman–Crippen MR) is 127 cm³/mol. The van der Waals surface area contributed by atoms with Gasteiger partial charge in [-0.25, -0.2) is 9.37 Å². The van der Waals surface area contributed by atoms with Crippen molar-refractivity contribution >= 4 is 34.1 Å². The second kappa shape index (κ2) is 9.21. The number of hydrogen-bond donors (Lipinski definition) is 1. The van der Waals surface area contributed by atoms with E-state index in [1.54, 1.807) is 24.5 Å². The number of aromatic nitrogens is 3. The molecule has 0 bridgehead atoms. The first kappa shape index (κ1) is 22.8. The highest BCUT2D eigenvalue weighted by Crippen LogP contribution is 2.24. The van der Waals surface area contributed by atoms with Gasteiger partial charge in [-0.3, -0.25) is 9.69 Å². The number of carbonyl (C=O) groups is 1. The monoisotopic (exact) mass is 463 g/mol. The summed E-state index contributed by atoms with van der Waals surface area (Å²) in [5.41, 5.74) is 7.51. The van der Waals surface area contributed by atoms with E-state index in [-0.39, 0.29) is 23.9 Å². The summed E-state index contributed by atoms with van der Waals surface area (Å²) in [6, 6.07) is 15.4. The van der Waals surface area contributed by atoms with Gasteiger partial charge in [0.1, 0.15) is 11.6 Å². The molecule has 0 saturated heterocycles. The van der Waals surface area contributed by atoms with Crippen molar-refractivity contribution in [1.82, 2.24) is 15.2 Å². The normalized spacial score (nSPS) is 11.5. The number of rotatable bonds is 6. The maximum Gasteiger partial charge on any atom is 0.234 e. The maximum atomic E-state index is 14.0. The molecule has 4 rings (SSSR count).